The normalized spacial score (nSPS) is 23.2. The van der Waals surface area contributed by atoms with Crippen molar-refractivity contribution in [2.45, 2.75) is 19.4 Å². The van der Waals surface area contributed by atoms with Crippen LogP contribution in [-0.2, 0) is 6.42 Å². The van der Waals surface area contributed by atoms with Gasteiger partial charge in [-0.2, -0.15) is 0 Å². The molecule has 1 unspecified atom stereocenters. The van der Waals surface area contributed by atoms with Crippen molar-refractivity contribution in [1.82, 2.24) is 9.88 Å². The van der Waals surface area contributed by atoms with Gasteiger partial charge in [0.25, 0.3) is 0 Å². The maximum Gasteiger partial charge on any atom is 0.191 e. The third kappa shape index (κ3) is 1.36. The van der Waals surface area contributed by atoms with Crippen LogP contribution in [0.1, 0.15) is 23.4 Å². The summed E-state index contributed by atoms with van der Waals surface area (Å²) < 4.78 is 5.55. The van der Waals surface area contributed by atoms with E-state index in [0.29, 0.717) is 6.54 Å². The van der Waals surface area contributed by atoms with Gasteiger partial charge in [-0.1, -0.05) is 0 Å². The van der Waals surface area contributed by atoms with E-state index in [1.54, 1.807) is 0 Å². The molecule has 2 rings (SSSR count). The number of fused-ring (bicyclic) bond motifs is 1. The number of hydrogen-bond donors (Lipinski definition) is 1. The number of aryl methyl sites for hydroxylation is 1. The Morgan fingerprint density at radius 1 is 1.69 bits per heavy atom. The maximum absolute atomic E-state index is 5.69. The predicted molar refractivity (Wildman–Crippen MR) is 49.4 cm³/mol. The molecule has 2 heterocycles. The number of aromatic nitrogens is 1. The molecule has 4 heteroatoms. The molecule has 1 atom stereocenters. The largest absolute Gasteiger partial charge is 0.444 e. The number of oxazole rings is 1. The van der Waals surface area contributed by atoms with E-state index < -0.39 is 0 Å². The van der Waals surface area contributed by atoms with Gasteiger partial charge in [0.2, 0.25) is 0 Å². The molecule has 0 spiro atoms. The average molecular weight is 181 g/mol. The topological polar surface area (TPSA) is 55.3 Å². The molecular formula is C9H15N3O. The van der Waals surface area contributed by atoms with Crippen LogP contribution in [0, 0.1) is 6.92 Å². The monoisotopic (exact) mass is 181 g/mol. The van der Waals surface area contributed by atoms with E-state index in [2.05, 4.69) is 16.9 Å². The summed E-state index contributed by atoms with van der Waals surface area (Å²) >= 11 is 0. The van der Waals surface area contributed by atoms with Crippen molar-refractivity contribution < 1.29 is 4.42 Å². The van der Waals surface area contributed by atoms with Gasteiger partial charge in [-0.25, -0.2) is 4.98 Å². The first-order valence-corrected chi connectivity index (χ1v) is 4.59. The smallest absolute Gasteiger partial charge is 0.191 e. The highest BCUT2D eigenvalue weighted by atomic mass is 16.4. The van der Waals surface area contributed by atoms with E-state index >= 15 is 0 Å². The van der Waals surface area contributed by atoms with Crippen molar-refractivity contribution in [3.63, 3.8) is 0 Å². The molecule has 1 aromatic heterocycles. The van der Waals surface area contributed by atoms with Crippen LogP contribution in [0.4, 0.5) is 0 Å². The van der Waals surface area contributed by atoms with Crippen LogP contribution in [0.25, 0.3) is 0 Å². The van der Waals surface area contributed by atoms with Crippen LogP contribution >= 0.6 is 0 Å². The minimum absolute atomic E-state index is 0.213. The van der Waals surface area contributed by atoms with E-state index in [1.807, 2.05) is 6.92 Å². The fourth-order valence-electron chi connectivity index (χ4n) is 1.85. The minimum atomic E-state index is 0.213. The zero-order valence-corrected chi connectivity index (χ0v) is 8.08. The van der Waals surface area contributed by atoms with E-state index in [0.717, 1.165) is 30.3 Å². The maximum atomic E-state index is 5.69. The molecule has 0 amide bonds. The first kappa shape index (κ1) is 8.72. The third-order valence-electron chi connectivity index (χ3n) is 2.59. The van der Waals surface area contributed by atoms with Crippen molar-refractivity contribution in [3.8, 4) is 0 Å². The number of likely N-dealkylation sites (N-methyl/N-ethyl adjacent to an activating group) is 1. The van der Waals surface area contributed by atoms with Crippen molar-refractivity contribution in [3.05, 3.63) is 17.3 Å². The van der Waals surface area contributed by atoms with Crippen LogP contribution < -0.4 is 5.73 Å². The molecule has 72 valence electrons. The molecule has 0 radical (unpaired) electrons. The minimum Gasteiger partial charge on any atom is -0.444 e. The highest BCUT2D eigenvalue weighted by molar-refractivity contribution is 5.18. The number of hydrogen-bond acceptors (Lipinski definition) is 4. The second kappa shape index (κ2) is 3.12. The Balaban J connectivity index is 2.38. The van der Waals surface area contributed by atoms with Crippen LogP contribution in [0.5, 0.6) is 0 Å². The molecule has 2 N–H and O–H groups in total. The lowest BCUT2D eigenvalue weighted by Crippen LogP contribution is -2.36. The fraction of sp³-hybridized carbons (Fsp3) is 0.667. The lowest BCUT2D eigenvalue weighted by atomic mass is 10.1. The van der Waals surface area contributed by atoms with Gasteiger partial charge in [0.15, 0.2) is 5.89 Å². The molecule has 0 aliphatic carbocycles. The van der Waals surface area contributed by atoms with Crippen molar-refractivity contribution in [1.29, 1.82) is 0 Å². The van der Waals surface area contributed by atoms with E-state index in [-0.39, 0.29) is 6.04 Å². The van der Waals surface area contributed by atoms with Gasteiger partial charge in [0, 0.05) is 26.4 Å². The molecule has 0 bridgehead atoms. The lowest BCUT2D eigenvalue weighted by molar-refractivity contribution is 0.202. The molecular weight excluding hydrogens is 166 g/mol. The molecule has 13 heavy (non-hydrogen) atoms. The summed E-state index contributed by atoms with van der Waals surface area (Å²) in [5, 5.41) is 0. The number of nitrogens with two attached hydrogens (primary N) is 1. The molecule has 4 nitrogen and oxygen atoms in total. The Hall–Kier alpha value is -0.870. The molecule has 1 aliphatic heterocycles. The summed E-state index contributed by atoms with van der Waals surface area (Å²) in [6.45, 7) is 3.49. The highest BCUT2D eigenvalue weighted by Gasteiger charge is 2.28. The van der Waals surface area contributed by atoms with Crippen LogP contribution in [0.2, 0.25) is 0 Å². The van der Waals surface area contributed by atoms with Crippen LogP contribution in [0.3, 0.4) is 0 Å². The first-order valence-electron chi connectivity index (χ1n) is 4.59. The number of nitrogens with zero attached hydrogens (tertiary/aromatic N) is 2. The lowest BCUT2D eigenvalue weighted by Gasteiger charge is -2.29. The zero-order valence-electron chi connectivity index (χ0n) is 8.08. The first-order chi connectivity index (χ1) is 6.22. The quantitative estimate of drug-likeness (QED) is 0.684. The fourth-order valence-corrected chi connectivity index (χ4v) is 1.85. The highest BCUT2D eigenvalue weighted by Crippen LogP contribution is 2.27. The Kier molecular flexibility index (Phi) is 2.09. The van der Waals surface area contributed by atoms with Gasteiger partial charge in [0.05, 0.1) is 11.7 Å². The summed E-state index contributed by atoms with van der Waals surface area (Å²) in [5.41, 5.74) is 6.78. The Morgan fingerprint density at radius 2 is 2.46 bits per heavy atom. The van der Waals surface area contributed by atoms with E-state index in [4.69, 9.17) is 10.2 Å². The van der Waals surface area contributed by atoms with Crippen molar-refractivity contribution in [2.24, 2.45) is 5.73 Å². The summed E-state index contributed by atoms with van der Waals surface area (Å²) in [5.74, 6) is 1.72. The Morgan fingerprint density at radius 3 is 3.15 bits per heavy atom. The van der Waals surface area contributed by atoms with Gasteiger partial charge < -0.3 is 10.2 Å². The second-order valence-corrected chi connectivity index (χ2v) is 3.53. The Bertz CT molecular complexity index is 308. The SMILES string of the molecule is Cc1nc2c(o1)C(CN)N(C)CC2. The third-order valence-corrected chi connectivity index (χ3v) is 2.59. The molecule has 1 aliphatic rings. The van der Waals surface area contributed by atoms with Gasteiger partial charge in [-0.3, -0.25) is 4.90 Å². The van der Waals surface area contributed by atoms with Crippen molar-refractivity contribution >= 4 is 0 Å². The average Bonchev–Trinajstić information content (AvgIpc) is 2.45. The van der Waals surface area contributed by atoms with Gasteiger partial charge in [-0.15, -0.1) is 0 Å². The van der Waals surface area contributed by atoms with Gasteiger partial charge in [-0.05, 0) is 7.05 Å². The summed E-state index contributed by atoms with van der Waals surface area (Å²) in [6, 6.07) is 0.213. The molecule has 0 saturated carbocycles. The van der Waals surface area contributed by atoms with Gasteiger partial charge in [0.1, 0.15) is 5.76 Å². The second-order valence-electron chi connectivity index (χ2n) is 3.53. The summed E-state index contributed by atoms with van der Waals surface area (Å²) in [4.78, 5) is 6.55. The zero-order chi connectivity index (χ0) is 9.42. The van der Waals surface area contributed by atoms with E-state index in [9.17, 15) is 0 Å². The van der Waals surface area contributed by atoms with E-state index in [1.165, 1.54) is 0 Å². The molecule has 0 saturated heterocycles. The number of rotatable bonds is 1. The molecule has 1 aromatic rings. The standard InChI is InChI=1S/C9H15N3O/c1-6-11-7-3-4-12(2)8(5-10)9(7)13-6/h8H,3-5,10H2,1-2H3. The summed E-state index contributed by atoms with van der Waals surface area (Å²) in [7, 11) is 2.07. The van der Waals surface area contributed by atoms with Gasteiger partial charge >= 0.3 is 0 Å². The molecule has 0 fully saturated rings. The molecule has 0 aromatic carbocycles. The predicted octanol–water partition coefficient (Wildman–Crippen LogP) is 0.471. The van der Waals surface area contributed by atoms with Crippen molar-refractivity contribution in [2.75, 3.05) is 20.1 Å². The Labute approximate surface area is 77.7 Å². The van der Waals surface area contributed by atoms with Crippen LogP contribution in [0.15, 0.2) is 4.42 Å². The van der Waals surface area contributed by atoms with Crippen LogP contribution in [-0.4, -0.2) is 30.0 Å². The summed E-state index contributed by atoms with van der Waals surface area (Å²) in [6.07, 6.45) is 0.972.